The van der Waals surface area contributed by atoms with E-state index in [1.54, 1.807) is 38.1 Å². The minimum Gasteiger partial charge on any atom is -0.487 e. The normalized spacial score (nSPS) is 26.7. The van der Waals surface area contributed by atoms with Gasteiger partial charge in [0.25, 0.3) is 10.0 Å². The number of sulfonamides is 1. The molecule has 0 unspecified atom stereocenters. The SMILES string of the molecule is CO[C@@]1(CC(=O)N(C)c2cccc(C)n2)/C=C/C[C@H](C)[C@@H](C)C(=O)NS(=O)(=O)c2ccc3c(c2)N(CCCCc2cc(Cl)ccc2CO3)C[C@@H]2CC[C@H]21. The molecule has 3 heterocycles. The number of fused-ring (bicyclic) bond motifs is 3. The van der Waals surface area contributed by atoms with Crippen molar-refractivity contribution >= 4 is 44.9 Å². The Morgan fingerprint density at radius 3 is 2.66 bits per heavy atom. The van der Waals surface area contributed by atoms with Crippen LogP contribution in [-0.4, -0.2) is 58.1 Å². The molecule has 0 saturated heterocycles. The highest BCUT2D eigenvalue weighted by Crippen LogP contribution is 2.48. The minimum absolute atomic E-state index is 0.00175. The summed E-state index contributed by atoms with van der Waals surface area (Å²) < 4.78 is 42.7. The molecule has 284 valence electrons. The summed E-state index contributed by atoms with van der Waals surface area (Å²) in [6.45, 7) is 7.11. The second-order valence-corrected chi connectivity index (χ2v) is 17.1. The first-order chi connectivity index (χ1) is 25.3. The monoisotopic (exact) mass is 762 g/mol. The lowest BCUT2D eigenvalue weighted by Crippen LogP contribution is -2.53. The van der Waals surface area contributed by atoms with Gasteiger partial charge in [-0.25, -0.2) is 18.1 Å². The Kier molecular flexibility index (Phi) is 11.9. The van der Waals surface area contributed by atoms with Crippen molar-refractivity contribution in [2.24, 2.45) is 23.7 Å². The maximum Gasteiger partial charge on any atom is 0.264 e. The number of hydrogen-bond acceptors (Lipinski definition) is 8. The largest absolute Gasteiger partial charge is 0.487 e. The molecule has 1 aliphatic carbocycles. The van der Waals surface area contributed by atoms with E-state index in [4.69, 9.17) is 21.1 Å². The molecule has 1 saturated carbocycles. The third-order valence-corrected chi connectivity index (χ3v) is 13.1. The molecular formula is C41H51ClN4O6S. The Morgan fingerprint density at radius 1 is 1.11 bits per heavy atom. The van der Waals surface area contributed by atoms with Crippen molar-refractivity contribution in [2.75, 3.05) is 37.0 Å². The zero-order valence-electron chi connectivity index (χ0n) is 31.3. The minimum atomic E-state index is -4.18. The van der Waals surface area contributed by atoms with Gasteiger partial charge in [-0.05, 0) is 117 Å². The first kappa shape index (κ1) is 38.8. The fraction of sp³-hybridized carbons (Fsp3) is 0.488. The van der Waals surface area contributed by atoms with Gasteiger partial charge in [-0.2, -0.15) is 0 Å². The fourth-order valence-electron chi connectivity index (χ4n) is 7.83. The fourth-order valence-corrected chi connectivity index (χ4v) is 9.11. The molecule has 1 fully saturated rings. The summed E-state index contributed by atoms with van der Waals surface area (Å²) in [6, 6.07) is 16.3. The van der Waals surface area contributed by atoms with Gasteiger partial charge >= 0.3 is 0 Å². The molecule has 0 spiro atoms. The topological polar surface area (TPSA) is 118 Å². The number of nitrogens with zero attached hydrogens (tertiary/aromatic N) is 3. The molecule has 1 N–H and O–H groups in total. The molecule has 1 aromatic heterocycles. The van der Waals surface area contributed by atoms with Crippen LogP contribution in [0, 0.1) is 30.6 Å². The molecule has 2 aromatic carbocycles. The Morgan fingerprint density at radius 2 is 1.92 bits per heavy atom. The number of rotatable bonds is 4. The highest BCUT2D eigenvalue weighted by atomic mass is 35.5. The van der Waals surface area contributed by atoms with E-state index in [1.807, 2.05) is 62.4 Å². The zero-order chi connectivity index (χ0) is 37.9. The lowest BCUT2D eigenvalue weighted by atomic mass is 9.63. The van der Waals surface area contributed by atoms with Crippen molar-refractivity contribution in [3.8, 4) is 5.75 Å². The summed E-state index contributed by atoms with van der Waals surface area (Å²) in [7, 11) is -0.756. The highest BCUT2D eigenvalue weighted by molar-refractivity contribution is 7.90. The number of amides is 2. The van der Waals surface area contributed by atoms with Gasteiger partial charge in [0.15, 0.2) is 0 Å². The van der Waals surface area contributed by atoms with Gasteiger partial charge in [0.1, 0.15) is 18.2 Å². The maximum atomic E-state index is 14.1. The van der Waals surface area contributed by atoms with Crippen molar-refractivity contribution in [2.45, 2.75) is 82.8 Å². The van der Waals surface area contributed by atoms with Gasteiger partial charge in [-0.1, -0.05) is 49.7 Å². The van der Waals surface area contributed by atoms with Crippen molar-refractivity contribution in [3.63, 3.8) is 0 Å². The van der Waals surface area contributed by atoms with E-state index < -0.39 is 27.4 Å². The Bertz CT molecular complexity index is 1970. The summed E-state index contributed by atoms with van der Waals surface area (Å²) in [5.41, 5.74) is 2.72. The zero-order valence-corrected chi connectivity index (χ0v) is 32.9. The van der Waals surface area contributed by atoms with E-state index in [2.05, 4.69) is 14.6 Å². The second kappa shape index (κ2) is 16.2. The molecule has 12 heteroatoms. The summed E-state index contributed by atoms with van der Waals surface area (Å²) in [6.07, 6.45) is 8.98. The number of halogens is 1. The van der Waals surface area contributed by atoms with Crippen LogP contribution in [0.2, 0.25) is 5.02 Å². The number of aryl methyl sites for hydroxylation is 2. The number of benzene rings is 2. The third kappa shape index (κ3) is 8.58. The lowest BCUT2D eigenvalue weighted by Gasteiger charge is -2.50. The van der Waals surface area contributed by atoms with Crippen LogP contribution in [0.25, 0.3) is 0 Å². The molecule has 2 aliphatic heterocycles. The van der Waals surface area contributed by atoms with Gasteiger partial charge in [-0.3, -0.25) is 14.5 Å². The molecule has 5 atom stereocenters. The van der Waals surface area contributed by atoms with E-state index >= 15 is 0 Å². The van der Waals surface area contributed by atoms with Gasteiger partial charge < -0.3 is 14.4 Å². The molecule has 3 aliphatic rings. The number of carbonyl (C=O) groups is 2. The Balaban J connectivity index is 1.40. The van der Waals surface area contributed by atoms with Gasteiger partial charge in [-0.15, -0.1) is 0 Å². The van der Waals surface area contributed by atoms with Crippen LogP contribution in [-0.2, 0) is 37.4 Å². The van der Waals surface area contributed by atoms with E-state index in [1.165, 1.54) is 6.07 Å². The molecule has 0 radical (unpaired) electrons. The van der Waals surface area contributed by atoms with Crippen LogP contribution >= 0.6 is 11.6 Å². The molecular weight excluding hydrogens is 712 g/mol. The van der Waals surface area contributed by atoms with Crippen LogP contribution in [0.15, 0.2) is 71.6 Å². The number of allylic oxidation sites excluding steroid dienone is 1. The summed E-state index contributed by atoms with van der Waals surface area (Å²) in [5, 5.41) is 0.678. The maximum absolute atomic E-state index is 14.1. The predicted octanol–water partition coefficient (Wildman–Crippen LogP) is 7.27. The van der Waals surface area contributed by atoms with Crippen LogP contribution in [0.1, 0.15) is 69.2 Å². The molecule has 53 heavy (non-hydrogen) atoms. The van der Waals surface area contributed by atoms with E-state index in [0.29, 0.717) is 48.4 Å². The summed E-state index contributed by atoms with van der Waals surface area (Å²) in [5.74, 6) is -0.222. The lowest BCUT2D eigenvalue weighted by molar-refractivity contribution is -0.130. The third-order valence-electron chi connectivity index (χ3n) is 11.6. The van der Waals surface area contributed by atoms with Gasteiger partial charge in [0.2, 0.25) is 11.8 Å². The van der Waals surface area contributed by atoms with Crippen LogP contribution < -0.4 is 19.3 Å². The van der Waals surface area contributed by atoms with Crippen LogP contribution in [0.3, 0.4) is 0 Å². The first-order valence-electron chi connectivity index (χ1n) is 18.6. The predicted molar refractivity (Wildman–Crippen MR) is 208 cm³/mol. The van der Waals surface area contributed by atoms with Crippen LogP contribution in [0.5, 0.6) is 5.75 Å². The quantitative estimate of drug-likeness (QED) is 0.276. The van der Waals surface area contributed by atoms with Crippen molar-refractivity contribution in [1.29, 1.82) is 0 Å². The number of pyridine rings is 1. The number of ether oxygens (including phenoxy) is 2. The number of hydrogen-bond donors (Lipinski definition) is 1. The molecule has 10 nitrogen and oxygen atoms in total. The summed E-state index contributed by atoms with van der Waals surface area (Å²) >= 11 is 6.38. The van der Waals surface area contributed by atoms with E-state index in [-0.39, 0.29) is 35.0 Å². The van der Waals surface area contributed by atoms with E-state index in [9.17, 15) is 18.0 Å². The van der Waals surface area contributed by atoms with Gasteiger partial charge in [0.05, 0.1) is 22.6 Å². The van der Waals surface area contributed by atoms with Crippen molar-refractivity contribution in [1.82, 2.24) is 9.71 Å². The molecule has 2 bridgehead atoms. The van der Waals surface area contributed by atoms with Crippen molar-refractivity contribution in [3.05, 3.63) is 88.6 Å². The average molecular weight is 763 g/mol. The van der Waals surface area contributed by atoms with E-state index in [0.717, 1.165) is 48.9 Å². The first-order valence-corrected chi connectivity index (χ1v) is 20.4. The average Bonchev–Trinajstić information content (AvgIpc) is 3.15. The standard InChI is InChI=1S/C41H51ClN4O6S/c1-27-10-9-20-41(51-5,24-39(47)45(4)38-13-8-11-28(2)43-38)35-18-15-31(35)25-46-21-7-6-12-30-22-33(42)16-14-32(30)26-52-37-19-17-34(23-36(37)46)53(49,50)44-40(48)29(27)3/h8-9,11,13-14,16-17,19-20,22-23,27,29,31,35H,6-7,10,12,15,18,21,24-26H2,1-5H3,(H,44,48)/b20-9+/t27-,29+,31-,35+,41+/m0/s1. The van der Waals surface area contributed by atoms with Crippen LogP contribution in [0.4, 0.5) is 11.5 Å². The number of anilines is 2. The van der Waals surface area contributed by atoms with Gasteiger partial charge in [0, 0.05) is 43.9 Å². The molecule has 3 aromatic rings. The number of nitrogens with one attached hydrogen (secondary N) is 1. The Labute approximate surface area is 319 Å². The number of carbonyl (C=O) groups excluding carboxylic acids is 2. The molecule has 2 amide bonds. The smallest absolute Gasteiger partial charge is 0.264 e. The molecule has 6 rings (SSSR count). The number of methoxy groups -OCH3 is 1. The number of aromatic nitrogens is 1. The Hall–Kier alpha value is -3.93. The highest BCUT2D eigenvalue weighted by Gasteiger charge is 2.49. The second-order valence-electron chi connectivity index (χ2n) is 15.0. The summed E-state index contributed by atoms with van der Waals surface area (Å²) in [4.78, 5) is 35.9. The van der Waals surface area contributed by atoms with Crippen molar-refractivity contribution < 1.29 is 27.5 Å².